The Hall–Kier alpha value is -2.51. The van der Waals surface area contributed by atoms with Crippen molar-refractivity contribution in [3.05, 3.63) is 64.5 Å². The maximum absolute atomic E-state index is 5.74. The number of thiophene rings is 1. The number of rotatable bonds is 6. The molecule has 0 saturated heterocycles. The van der Waals surface area contributed by atoms with Gasteiger partial charge in [0, 0.05) is 12.2 Å². The molecular formula is C22H24N4OS2. The maximum Gasteiger partial charge on any atom is 0.258 e. The van der Waals surface area contributed by atoms with Crippen LogP contribution < -0.4 is 5.32 Å². The molecule has 4 rings (SSSR count). The number of allylic oxidation sites excluding steroid dienone is 1. The summed E-state index contributed by atoms with van der Waals surface area (Å²) in [7, 11) is 0. The molecular weight excluding hydrogens is 400 g/mol. The molecule has 1 aliphatic heterocycles. The molecule has 0 spiro atoms. The average Bonchev–Trinajstić information content (AvgIpc) is 3.40. The van der Waals surface area contributed by atoms with E-state index >= 15 is 0 Å². The minimum atomic E-state index is -0.127. The molecule has 1 N–H and O–H groups in total. The third-order valence-corrected chi connectivity index (χ3v) is 6.34. The first-order valence-electron chi connectivity index (χ1n) is 9.81. The highest BCUT2D eigenvalue weighted by Crippen LogP contribution is 2.37. The minimum absolute atomic E-state index is 0.127. The van der Waals surface area contributed by atoms with Crippen molar-refractivity contribution in [2.75, 3.05) is 6.54 Å². The van der Waals surface area contributed by atoms with E-state index in [9.17, 15) is 0 Å². The SMILES string of the molecule is CCCCN1C(=S)NC(c2ccc(C)cc2)C(c2nc(-c3cccs3)no2)=C1C. The van der Waals surface area contributed by atoms with Crippen molar-refractivity contribution in [1.29, 1.82) is 0 Å². The highest BCUT2D eigenvalue weighted by molar-refractivity contribution is 7.80. The van der Waals surface area contributed by atoms with Crippen LogP contribution in [-0.4, -0.2) is 26.7 Å². The molecule has 7 heteroatoms. The molecule has 1 atom stereocenters. The van der Waals surface area contributed by atoms with E-state index in [2.05, 4.69) is 60.4 Å². The summed E-state index contributed by atoms with van der Waals surface area (Å²) in [5.41, 5.74) is 4.39. The van der Waals surface area contributed by atoms with Gasteiger partial charge in [-0.3, -0.25) is 0 Å². The van der Waals surface area contributed by atoms with Crippen molar-refractivity contribution in [3.8, 4) is 10.7 Å². The van der Waals surface area contributed by atoms with Crippen LogP contribution in [0.15, 0.2) is 52.0 Å². The van der Waals surface area contributed by atoms with Crippen molar-refractivity contribution in [2.45, 2.75) is 39.7 Å². The highest BCUT2D eigenvalue weighted by atomic mass is 32.1. The Kier molecular flexibility index (Phi) is 5.78. The summed E-state index contributed by atoms with van der Waals surface area (Å²) in [4.78, 5) is 7.86. The van der Waals surface area contributed by atoms with Crippen molar-refractivity contribution < 1.29 is 4.52 Å². The van der Waals surface area contributed by atoms with E-state index in [-0.39, 0.29) is 6.04 Å². The van der Waals surface area contributed by atoms with E-state index in [4.69, 9.17) is 21.7 Å². The predicted molar refractivity (Wildman–Crippen MR) is 121 cm³/mol. The van der Waals surface area contributed by atoms with E-state index in [1.165, 1.54) is 5.56 Å². The molecule has 0 saturated carbocycles. The molecule has 1 unspecified atom stereocenters. The Bertz CT molecular complexity index is 1020. The summed E-state index contributed by atoms with van der Waals surface area (Å²) in [5.74, 6) is 1.15. The zero-order valence-corrected chi connectivity index (χ0v) is 18.4. The highest BCUT2D eigenvalue weighted by Gasteiger charge is 2.33. The smallest absolute Gasteiger partial charge is 0.258 e. The van der Waals surface area contributed by atoms with Crippen LogP contribution in [0, 0.1) is 6.92 Å². The van der Waals surface area contributed by atoms with Crippen LogP contribution in [-0.2, 0) is 0 Å². The fourth-order valence-corrected chi connectivity index (χ4v) is 4.49. The number of aryl methyl sites for hydroxylation is 1. The number of nitrogens with zero attached hydrogens (tertiary/aromatic N) is 3. The van der Waals surface area contributed by atoms with Crippen LogP contribution in [0.25, 0.3) is 16.3 Å². The molecule has 0 bridgehead atoms. The number of unbranched alkanes of at least 4 members (excludes halogenated alkanes) is 1. The van der Waals surface area contributed by atoms with E-state index in [0.29, 0.717) is 11.7 Å². The number of thiocarbonyl (C=S) groups is 1. The fraction of sp³-hybridized carbons (Fsp3) is 0.318. The first kappa shape index (κ1) is 19.8. The predicted octanol–water partition coefficient (Wildman–Crippen LogP) is 5.57. The van der Waals surface area contributed by atoms with Gasteiger partial charge in [0.2, 0.25) is 5.82 Å². The molecule has 1 aromatic carbocycles. The van der Waals surface area contributed by atoms with E-state index in [0.717, 1.165) is 46.2 Å². The van der Waals surface area contributed by atoms with Gasteiger partial charge in [-0.25, -0.2) is 0 Å². The van der Waals surface area contributed by atoms with E-state index in [1.54, 1.807) is 11.3 Å². The maximum atomic E-state index is 5.74. The minimum Gasteiger partial charge on any atom is -0.351 e. The molecule has 29 heavy (non-hydrogen) atoms. The van der Waals surface area contributed by atoms with Crippen molar-refractivity contribution in [2.24, 2.45) is 0 Å². The lowest BCUT2D eigenvalue weighted by molar-refractivity contribution is 0.395. The second-order valence-corrected chi connectivity index (χ2v) is 8.53. The van der Waals surface area contributed by atoms with Crippen LogP contribution in [0.5, 0.6) is 0 Å². The summed E-state index contributed by atoms with van der Waals surface area (Å²) in [5, 5.41) is 10.5. The van der Waals surface area contributed by atoms with Gasteiger partial charge in [0.15, 0.2) is 5.11 Å². The zero-order chi connectivity index (χ0) is 20.4. The second kappa shape index (κ2) is 8.47. The summed E-state index contributed by atoms with van der Waals surface area (Å²) in [6, 6.07) is 12.3. The molecule has 150 valence electrons. The quantitative estimate of drug-likeness (QED) is 0.522. The largest absolute Gasteiger partial charge is 0.351 e. The number of hydrogen-bond donors (Lipinski definition) is 1. The first-order valence-corrected chi connectivity index (χ1v) is 11.1. The molecule has 0 radical (unpaired) electrons. The van der Waals surface area contributed by atoms with Gasteiger partial charge < -0.3 is 14.7 Å². The van der Waals surface area contributed by atoms with Gasteiger partial charge >= 0.3 is 0 Å². The molecule has 0 fully saturated rings. The number of aromatic nitrogens is 2. The average molecular weight is 425 g/mol. The monoisotopic (exact) mass is 424 g/mol. The third kappa shape index (κ3) is 3.97. The summed E-state index contributed by atoms with van der Waals surface area (Å²) in [6.07, 6.45) is 2.16. The lowest BCUT2D eigenvalue weighted by Crippen LogP contribution is -2.46. The number of nitrogens with one attached hydrogen (secondary N) is 1. The summed E-state index contributed by atoms with van der Waals surface area (Å²) >= 11 is 7.31. The number of hydrogen-bond acceptors (Lipinski definition) is 5. The van der Waals surface area contributed by atoms with Crippen LogP contribution in [0.1, 0.15) is 49.7 Å². The Labute approximate surface area is 180 Å². The van der Waals surface area contributed by atoms with Gasteiger partial charge in [-0.2, -0.15) is 4.98 Å². The molecule has 2 aromatic heterocycles. The van der Waals surface area contributed by atoms with Crippen molar-refractivity contribution in [3.63, 3.8) is 0 Å². The fourth-order valence-electron chi connectivity index (χ4n) is 3.49. The van der Waals surface area contributed by atoms with Crippen LogP contribution in [0.2, 0.25) is 0 Å². The van der Waals surface area contributed by atoms with E-state index in [1.807, 2.05) is 17.5 Å². The number of benzene rings is 1. The lowest BCUT2D eigenvalue weighted by atomic mass is 9.94. The molecule has 0 amide bonds. The van der Waals surface area contributed by atoms with Gasteiger partial charge in [-0.15, -0.1) is 11.3 Å². The zero-order valence-electron chi connectivity index (χ0n) is 16.8. The molecule has 0 aliphatic carbocycles. The van der Waals surface area contributed by atoms with Gasteiger partial charge in [0.05, 0.1) is 16.5 Å². The second-order valence-electron chi connectivity index (χ2n) is 7.20. The normalized spacial score (nSPS) is 17.0. The van der Waals surface area contributed by atoms with Crippen LogP contribution >= 0.6 is 23.6 Å². The topological polar surface area (TPSA) is 54.2 Å². The van der Waals surface area contributed by atoms with E-state index < -0.39 is 0 Å². The van der Waals surface area contributed by atoms with Crippen LogP contribution in [0.4, 0.5) is 0 Å². The van der Waals surface area contributed by atoms with Gasteiger partial charge in [0.25, 0.3) is 5.89 Å². The first-order chi connectivity index (χ1) is 14.1. The standard InChI is InChI=1S/C22H24N4OS2/c1-4-5-12-26-15(3)18(21-24-20(25-27-21)17-7-6-13-29-17)19(23-22(26)28)16-10-8-14(2)9-11-16/h6-11,13,19H,4-5,12H2,1-3H3,(H,23,28). The van der Waals surface area contributed by atoms with Gasteiger partial charge in [-0.1, -0.05) is 54.4 Å². The van der Waals surface area contributed by atoms with Gasteiger partial charge in [0.1, 0.15) is 0 Å². The van der Waals surface area contributed by atoms with Crippen molar-refractivity contribution in [1.82, 2.24) is 20.4 Å². The molecule has 3 aromatic rings. The Balaban J connectivity index is 1.79. The van der Waals surface area contributed by atoms with Crippen molar-refractivity contribution >= 4 is 34.2 Å². The third-order valence-electron chi connectivity index (χ3n) is 5.14. The Morgan fingerprint density at radius 1 is 1.21 bits per heavy atom. The molecule has 1 aliphatic rings. The van der Waals surface area contributed by atoms with Crippen LogP contribution in [0.3, 0.4) is 0 Å². The Morgan fingerprint density at radius 3 is 2.69 bits per heavy atom. The van der Waals surface area contributed by atoms with Gasteiger partial charge in [-0.05, 0) is 49.5 Å². The summed E-state index contributed by atoms with van der Waals surface area (Å²) in [6.45, 7) is 7.22. The Morgan fingerprint density at radius 2 is 2.00 bits per heavy atom. The molecule has 5 nitrogen and oxygen atoms in total. The summed E-state index contributed by atoms with van der Waals surface area (Å²) < 4.78 is 5.74. The lowest BCUT2D eigenvalue weighted by Gasteiger charge is -2.37. The molecule has 3 heterocycles.